The molecule has 0 aliphatic carbocycles. The van der Waals surface area contributed by atoms with E-state index < -0.39 is 6.04 Å². The number of nitrogens with one attached hydrogen (secondary N) is 2. The first-order valence-electron chi connectivity index (χ1n) is 7.46. The van der Waals surface area contributed by atoms with Crippen molar-refractivity contribution in [1.29, 1.82) is 0 Å². The predicted octanol–water partition coefficient (Wildman–Crippen LogP) is 1.71. The molecule has 1 saturated heterocycles. The average Bonchev–Trinajstić information content (AvgIpc) is 3.16. The number of hydrogen-bond acceptors (Lipinski definition) is 4. The van der Waals surface area contributed by atoms with Gasteiger partial charge in [0.2, 0.25) is 5.91 Å². The quantitative estimate of drug-likeness (QED) is 0.705. The van der Waals surface area contributed by atoms with Gasteiger partial charge in [-0.3, -0.25) is 24.7 Å². The molecular formula is C16H15N5O2. The zero-order valence-corrected chi connectivity index (χ0v) is 12.5. The third-order valence-electron chi connectivity index (χ3n) is 4.22. The van der Waals surface area contributed by atoms with Gasteiger partial charge in [0, 0.05) is 23.6 Å². The minimum absolute atomic E-state index is 0.224. The number of carbonyl (C=O) groups excluding carboxylic acids is 2. The number of nitrogens with zero attached hydrogens (tertiary/aromatic N) is 3. The molecule has 2 amide bonds. The van der Waals surface area contributed by atoms with Crippen molar-refractivity contribution < 1.29 is 9.59 Å². The maximum absolute atomic E-state index is 12.2. The van der Waals surface area contributed by atoms with Crippen LogP contribution in [-0.4, -0.2) is 31.8 Å². The Kier molecular flexibility index (Phi) is 3.00. The highest BCUT2D eigenvalue weighted by Gasteiger charge is 2.30. The Morgan fingerprint density at radius 1 is 1.30 bits per heavy atom. The molecule has 23 heavy (non-hydrogen) atoms. The summed E-state index contributed by atoms with van der Waals surface area (Å²) in [7, 11) is 0. The van der Waals surface area contributed by atoms with Gasteiger partial charge in [0.25, 0.3) is 5.91 Å². The topological polar surface area (TPSA) is 92.7 Å². The molecule has 3 aromatic rings. The fourth-order valence-electron chi connectivity index (χ4n) is 3.17. The molecule has 1 aliphatic rings. The number of amides is 2. The van der Waals surface area contributed by atoms with E-state index in [-0.39, 0.29) is 11.8 Å². The number of H-pyrrole nitrogens is 1. The van der Waals surface area contributed by atoms with Crippen molar-refractivity contribution in [3.05, 3.63) is 36.3 Å². The van der Waals surface area contributed by atoms with Crippen LogP contribution in [0.25, 0.3) is 22.0 Å². The third-order valence-corrected chi connectivity index (χ3v) is 4.22. The molecule has 1 unspecified atom stereocenters. The molecule has 1 aliphatic heterocycles. The van der Waals surface area contributed by atoms with Gasteiger partial charge in [-0.05, 0) is 25.0 Å². The second kappa shape index (κ2) is 5.05. The molecule has 0 radical (unpaired) electrons. The first-order chi connectivity index (χ1) is 11.1. The van der Waals surface area contributed by atoms with Crippen molar-refractivity contribution in [3.8, 4) is 11.1 Å². The summed E-state index contributed by atoms with van der Waals surface area (Å²) in [6.45, 7) is 1.92. The number of imide groups is 1. The van der Waals surface area contributed by atoms with E-state index in [1.807, 2.05) is 31.3 Å². The molecule has 3 heterocycles. The molecule has 1 aromatic carbocycles. The van der Waals surface area contributed by atoms with Crippen molar-refractivity contribution in [2.75, 3.05) is 0 Å². The summed E-state index contributed by atoms with van der Waals surface area (Å²) in [6.07, 6.45) is 4.39. The molecule has 2 N–H and O–H groups in total. The number of fused-ring (bicyclic) bond motifs is 1. The highest BCUT2D eigenvalue weighted by molar-refractivity contribution is 6.01. The number of rotatable bonds is 2. The summed E-state index contributed by atoms with van der Waals surface area (Å²) in [6, 6.07) is 5.44. The van der Waals surface area contributed by atoms with Gasteiger partial charge in [-0.1, -0.05) is 12.1 Å². The lowest BCUT2D eigenvalue weighted by molar-refractivity contribution is -0.135. The highest BCUT2D eigenvalue weighted by Crippen LogP contribution is 2.33. The predicted molar refractivity (Wildman–Crippen MR) is 83.5 cm³/mol. The Balaban J connectivity index is 1.89. The van der Waals surface area contributed by atoms with Gasteiger partial charge in [-0.2, -0.15) is 10.2 Å². The van der Waals surface area contributed by atoms with Gasteiger partial charge in [0.1, 0.15) is 6.04 Å². The lowest BCUT2D eigenvalue weighted by Crippen LogP contribution is -2.42. The van der Waals surface area contributed by atoms with Crippen LogP contribution in [-0.2, 0) is 9.59 Å². The first kappa shape index (κ1) is 13.7. The van der Waals surface area contributed by atoms with E-state index in [1.165, 1.54) is 0 Å². The first-order valence-corrected chi connectivity index (χ1v) is 7.46. The molecule has 1 fully saturated rings. The number of hydrogen-bond donors (Lipinski definition) is 2. The standard InChI is InChI=1S/C16H15N5O2/c1-9-15-11(10-7-17-18-8-10)3-2-4-12(15)21(20-9)13-5-6-14(22)19-16(13)23/h2-4,7-8,13H,5-6H2,1H3,(H,17,18)(H,19,22,23). The van der Waals surface area contributed by atoms with Crippen molar-refractivity contribution >= 4 is 22.7 Å². The van der Waals surface area contributed by atoms with Crippen LogP contribution in [0.15, 0.2) is 30.6 Å². The Morgan fingerprint density at radius 2 is 2.17 bits per heavy atom. The zero-order chi connectivity index (χ0) is 16.0. The summed E-state index contributed by atoms with van der Waals surface area (Å²) < 4.78 is 1.73. The second-order valence-corrected chi connectivity index (χ2v) is 5.68. The summed E-state index contributed by atoms with van der Waals surface area (Å²) in [5.41, 5.74) is 3.73. The van der Waals surface area contributed by atoms with Crippen LogP contribution in [0.3, 0.4) is 0 Å². The fourth-order valence-corrected chi connectivity index (χ4v) is 3.17. The summed E-state index contributed by atoms with van der Waals surface area (Å²) in [5.74, 6) is -0.516. The van der Waals surface area contributed by atoms with Gasteiger partial charge in [-0.25, -0.2) is 0 Å². The normalized spacial score (nSPS) is 18.4. The molecule has 0 spiro atoms. The minimum atomic E-state index is -0.455. The maximum atomic E-state index is 12.2. The minimum Gasteiger partial charge on any atom is -0.295 e. The number of benzene rings is 1. The monoisotopic (exact) mass is 309 g/mol. The highest BCUT2D eigenvalue weighted by atomic mass is 16.2. The van der Waals surface area contributed by atoms with Crippen LogP contribution in [0.1, 0.15) is 24.6 Å². The summed E-state index contributed by atoms with van der Waals surface area (Å²) in [5, 5.41) is 14.8. The van der Waals surface area contributed by atoms with Crippen LogP contribution < -0.4 is 5.32 Å². The molecule has 2 aromatic heterocycles. The average molecular weight is 309 g/mol. The molecule has 116 valence electrons. The Labute approximate surface area is 131 Å². The van der Waals surface area contributed by atoms with Gasteiger partial charge < -0.3 is 0 Å². The Bertz CT molecular complexity index is 910. The van der Waals surface area contributed by atoms with Crippen LogP contribution in [0, 0.1) is 6.92 Å². The number of aryl methyl sites for hydroxylation is 1. The third kappa shape index (κ3) is 2.12. The van der Waals surface area contributed by atoms with E-state index in [0.29, 0.717) is 12.8 Å². The molecule has 1 atom stereocenters. The summed E-state index contributed by atoms with van der Waals surface area (Å²) >= 11 is 0. The van der Waals surface area contributed by atoms with Crippen LogP contribution >= 0.6 is 0 Å². The molecule has 7 heteroatoms. The number of carbonyl (C=O) groups is 2. The molecule has 0 saturated carbocycles. The number of piperidine rings is 1. The Hall–Kier alpha value is -2.96. The van der Waals surface area contributed by atoms with Crippen molar-refractivity contribution in [1.82, 2.24) is 25.3 Å². The van der Waals surface area contributed by atoms with Gasteiger partial charge in [0.15, 0.2) is 0 Å². The fraction of sp³-hybridized carbons (Fsp3) is 0.250. The van der Waals surface area contributed by atoms with E-state index in [0.717, 1.165) is 27.7 Å². The van der Waals surface area contributed by atoms with E-state index in [1.54, 1.807) is 10.9 Å². The van der Waals surface area contributed by atoms with Crippen LogP contribution in [0.4, 0.5) is 0 Å². The van der Waals surface area contributed by atoms with Crippen LogP contribution in [0.5, 0.6) is 0 Å². The van der Waals surface area contributed by atoms with E-state index >= 15 is 0 Å². The van der Waals surface area contributed by atoms with Gasteiger partial charge in [0.05, 0.1) is 17.4 Å². The Morgan fingerprint density at radius 3 is 2.91 bits per heavy atom. The largest absolute Gasteiger partial charge is 0.295 e. The van der Waals surface area contributed by atoms with E-state index in [9.17, 15) is 9.59 Å². The number of aromatic nitrogens is 4. The van der Waals surface area contributed by atoms with Gasteiger partial charge in [-0.15, -0.1) is 0 Å². The lowest BCUT2D eigenvalue weighted by Gasteiger charge is -2.21. The molecular weight excluding hydrogens is 294 g/mol. The molecule has 0 bridgehead atoms. The SMILES string of the molecule is Cc1nn(C2CCC(=O)NC2=O)c2cccc(-c3cn[nH]c3)c12. The second-order valence-electron chi connectivity index (χ2n) is 5.68. The number of aromatic amines is 1. The molecule has 4 rings (SSSR count). The lowest BCUT2D eigenvalue weighted by atomic mass is 10.0. The van der Waals surface area contributed by atoms with Crippen molar-refractivity contribution in [3.63, 3.8) is 0 Å². The van der Waals surface area contributed by atoms with Crippen molar-refractivity contribution in [2.24, 2.45) is 0 Å². The molecule has 7 nitrogen and oxygen atoms in total. The van der Waals surface area contributed by atoms with Gasteiger partial charge >= 0.3 is 0 Å². The van der Waals surface area contributed by atoms with E-state index in [2.05, 4.69) is 20.6 Å². The van der Waals surface area contributed by atoms with E-state index in [4.69, 9.17) is 0 Å². The van der Waals surface area contributed by atoms with Crippen LogP contribution in [0.2, 0.25) is 0 Å². The maximum Gasteiger partial charge on any atom is 0.251 e. The van der Waals surface area contributed by atoms with Crippen molar-refractivity contribution in [2.45, 2.75) is 25.8 Å². The smallest absolute Gasteiger partial charge is 0.251 e. The zero-order valence-electron chi connectivity index (χ0n) is 12.5. The summed E-state index contributed by atoms with van der Waals surface area (Å²) in [4.78, 5) is 23.5.